The number of hydrogen-bond acceptors (Lipinski definition) is 6. The molecule has 3 aromatic rings. The van der Waals surface area contributed by atoms with E-state index in [4.69, 9.17) is 23.7 Å². The number of rotatable bonds is 19. The van der Waals surface area contributed by atoms with Crippen LogP contribution in [0.5, 0.6) is 0 Å². The first-order valence-electron chi connectivity index (χ1n) is 16.1. The standard InChI is InChI=1S/C38H50O6/c1-4-5-6-7-17-24-33(29(2)3)43-38-37(42-28-32-22-15-10-16-23-32)36(41-27-31-20-13-9-14-21-31)35(34(25-39)44-38)40-26-30-18-11-8-12-19-30/h4,8-16,18-23,29,33-39H,1,5-7,17,24-28H2,2-3H3/t33-,34+,35+,36-,37+,38+/m0/s1. The molecule has 0 spiro atoms. The van der Waals surface area contributed by atoms with Crippen molar-refractivity contribution in [1.82, 2.24) is 0 Å². The Hall–Kier alpha value is -2.84. The van der Waals surface area contributed by atoms with E-state index in [0.29, 0.717) is 19.8 Å². The zero-order chi connectivity index (χ0) is 31.0. The van der Waals surface area contributed by atoms with Gasteiger partial charge in [-0.2, -0.15) is 0 Å². The van der Waals surface area contributed by atoms with E-state index in [1.54, 1.807) is 0 Å². The van der Waals surface area contributed by atoms with Gasteiger partial charge in [0.2, 0.25) is 0 Å². The number of benzene rings is 3. The fourth-order valence-corrected chi connectivity index (χ4v) is 5.54. The van der Waals surface area contributed by atoms with E-state index in [-0.39, 0.29) is 18.6 Å². The Bertz CT molecular complexity index is 1170. The van der Waals surface area contributed by atoms with Crippen LogP contribution < -0.4 is 0 Å². The largest absolute Gasteiger partial charge is 0.394 e. The third-order valence-corrected chi connectivity index (χ3v) is 8.08. The zero-order valence-electron chi connectivity index (χ0n) is 26.3. The summed E-state index contributed by atoms with van der Waals surface area (Å²) in [6.07, 6.45) is 4.04. The van der Waals surface area contributed by atoms with Gasteiger partial charge in [0.05, 0.1) is 32.5 Å². The second-order valence-electron chi connectivity index (χ2n) is 11.9. The van der Waals surface area contributed by atoms with Crippen molar-refractivity contribution in [3.8, 4) is 0 Å². The van der Waals surface area contributed by atoms with E-state index in [2.05, 4.69) is 20.4 Å². The highest BCUT2D eigenvalue weighted by Gasteiger charge is 2.49. The Morgan fingerprint density at radius 2 is 1.20 bits per heavy atom. The molecule has 0 unspecified atom stereocenters. The van der Waals surface area contributed by atoms with Crippen molar-refractivity contribution in [3.63, 3.8) is 0 Å². The molecule has 6 heteroatoms. The van der Waals surface area contributed by atoms with Gasteiger partial charge in [0, 0.05) is 0 Å². The van der Waals surface area contributed by atoms with E-state index in [1.807, 2.05) is 97.1 Å². The average Bonchev–Trinajstić information content (AvgIpc) is 3.06. The van der Waals surface area contributed by atoms with Crippen molar-refractivity contribution in [2.45, 2.75) is 103 Å². The number of aliphatic hydroxyl groups is 1. The molecule has 6 atom stereocenters. The van der Waals surface area contributed by atoms with Gasteiger partial charge in [-0.05, 0) is 41.9 Å². The lowest BCUT2D eigenvalue weighted by atomic mass is 9.96. The van der Waals surface area contributed by atoms with E-state index >= 15 is 0 Å². The number of allylic oxidation sites excluding steroid dienone is 1. The Morgan fingerprint density at radius 3 is 1.68 bits per heavy atom. The van der Waals surface area contributed by atoms with E-state index in [1.165, 1.54) is 0 Å². The Kier molecular flexibility index (Phi) is 14.6. The molecular formula is C38H50O6. The lowest BCUT2D eigenvalue weighted by molar-refractivity contribution is -0.337. The summed E-state index contributed by atoms with van der Waals surface area (Å²) in [5.41, 5.74) is 3.12. The van der Waals surface area contributed by atoms with Gasteiger partial charge >= 0.3 is 0 Å². The van der Waals surface area contributed by atoms with E-state index in [9.17, 15) is 5.11 Å². The molecule has 0 bridgehead atoms. The molecule has 1 fully saturated rings. The summed E-state index contributed by atoms with van der Waals surface area (Å²) in [5.74, 6) is 0.274. The predicted octanol–water partition coefficient (Wildman–Crippen LogP) is 7.64. The van der Waals surface area contributed by atoms with Crippen molar-refractivity contribution in [2.75, 3.05) is 6.61 Å². The summed E-state index contributed by atoms with van der Waals surface area (Å²) in [5, 5.41) is 10.6. The van der Waals surface area contributed by atoms with Crippen LogP contribution in [-0.4, -0.2) is 48.5 Å². The average molecular weight is 603 g/mol. The predicted molar refractivity (Wildman–Crippen MR) is 174 cm³/mol. The van der Waals surface area contributed by atoms with Gasteiger partial charge in [0.1, 0.15) is 24.4 Å². The molecule has 0 amide bonds. The quantitative estimate of drug-likeness (QED) is 0.112. The molecule has 44 heavy (non-hydrogen) atoms. The van der Waals surface area contributed by atoms with Crippen molar-refractivity contribution >= 4 is 0 Å². The summed E-state index contributed by atoms with van der Waals surface area (Å²) in [7, 11) is 0. The number of unbranched alkanes of at least 4 members (excludes halogenated alkanes) is 3. The minimum absolute atomic E-state index is 0.0394. The second-order valence-corrected chi connectivity index (χ2v) is 11.9. The molecule has 4 rings (SSSR count). The maximum absolute atomic E-state index is 10.6. The van der Waals surface area contributed by atoms with Crippen LogP contribution in [0.4, 0.5) is 0 Å². The van der Waals surface area contributed by atoms with Gasteiger partial charge in [0.25, 0.3) is 0 Å². The molecular weight excluding hydrogens is 552 g/mol. The molecule has 0 saturated carbocycles. The number of hydrogen-bond donors (Lipinski definition) is 1. The molecule has 1 aliphatic rings. The smallest absolute Gasteiger partial charge is 0.187 e. The first kappa shape index (κ1) is 34.0. The van der Waals surface area contributed by atoms with Gasteiger partial charge in [0.15, 0.2) is 6.29 Å². The normalized spacial score (nSPS) is 22.6. The lowest BCUT2D eigenvalue weighted by Gasteiger charge is -2.46. The van der Waals surface area contributed by atoms with Crippen LogP contribution in [0.2, 0.25) is 0 Å². The zero-order valence-corrected chi connectivity index (χ0v) is 26.3. The fourth-order valence-electron chi connectivity index (χ4n) is 5.54. The summed E-state index contributed by atoms with van der Waals surface area (Å²) in [6.45, 7) is 9.05. The van der Waals surface area contributed by atoms with Crippen LogP contribution in [-0.2, 0) is 43.5 Å². The van der Waals surface area contributed by atoms with E-state index < -0.39 is 30.7 Å². The monoisotopic (exact) mass is 602 g/mol. The Balaban J connectivity index is 1.60. The van der Waals surface area contributed by atoms with Crippen molar-refractivity contribution in [2.24, 2.45) is 5.92 Å². The first-order chi connectivity index (χ1) is 21.6. The van der Waals surface area contributed by atoms with E-state index in [0.717, 1.165) is 48.8 Å². The van der Waals surface area contributed by atoms with Gasteiger partial charge in [-0.15, -0.1) is 6.58 Å². The minimum atomic E-state index is -0.742. The van der Waals surface area contributed by atoms with Crippen LogP contribution in [0.15, 0.2) is 104 Å². The van der Waals surface area contributed by atoms with Crippen LogP contribution in [0.25, 0.3) is 0 Å². The molecule has 0 aliphatic carbocycles. The molecule has 1 N–H and O–H groups in total. The van der Waals surface area contributed by atoms with Crippen molar-refractivity contribution in [1.29, 1.82) is 0 Å². The molecule has 0 aromatic heterocycles. The summed E-state index contributed by atoms with van der Waals surface area (Å²) >= 11 is 0. The number of aliphatic hydroxyl groups excluding tert-OH is 1. The molecule has 3 aromatic carbocycles. The summed E-state index contributed by atoms with van der Waals surface area (Å²) in [6, 6.07) is 30.2. The van der Waals surface area contributed by atoms with Crippen LogP contribution in [0, 0.1) is 5.92 Å². The SMILES string of the molecule is C=CCCCCC[C@H](O[C@@H]1O[C@H](CO)[C@@H](OCc2ccccc2)[C@H](OCc2ccccc2)[C@H]1OCc1ccccc1)C(C)C. The van der Waals surface area contributed by atoms with Gasteiger partial charge in [-0.3, -0.25) is 0 Å². The van der Waals surface area contributed by atoms with Crippen LogP contribution in [0.3, 0.4) is 0 Å². The molecule has 238 valence electrons. The third-order valence-electron chi connectivity index (χ3n) is 8.08. The van der Waals surface area contributed by atoms with Crippen LogP contribution in [0.1, 0.15) is 62.6 Å². The van der Waals surface area contributed by atoms with Gasteiger partial charge in [-0.25, -0.2) is 0 Å². The third kappa shape index (κ3) is 10.7. The molecule has 1 saturated heterocycles. The highest BCUT2D eigenvalue weighted by molar-refractivity contribution is 5.15. The lowest BCUT2D eigenvalue weighted by Crippen LogP contribution is -2.62. The minimum Gasteiger partial charge on any atom is -0.394 e. The molecule has 6 nitrogen and oxygen atoms in total. The summed E-state index contributed by atoms with van der Waals surface area (Å²) in [4.78, 5) is 0. The highest BCUT2D eigenvalue weighted by Crippen LogP contribution is 2.33. The van der Waals surface area contributed by atoms with Crippen molar-refractivity contribution < 1.29 is 28.8 Å². The maximum Gasteiger partial charge on any atom is 0.187 e. The summed E-state index contributed by atoms with van der Waals surface area (Å²) < 4.78 is 33.1. The number of ether oxygens (including phenoxy) is 5. The fraction of sp³-hybridized carbons (Fsp3) is 0.474. The molecule has 1 heterocycles. The van der Waals surface area contributed by atoms with Gasteiger partial charge in [-0.1, -0.05) is 124 Å². The molecule has 0 radical (unpaired) electrons. The maximum atomic E-state index is 10.6. The van der Waals surface area contributed by atoms with Crippen molar-refractivity contribution in [3.05, 3.63) is 120 Å². The van der Waals surface area contributed by atoms with Crippen LogP contribution >= 0.6 is 0 Å². The van der Waals surface area contributed by atoms with Gasteiger partial charge < -0.3 is 28.8 Å². The molecule has 1 aliphatic heterocycles. The Morgan fingerprint density at radius 1 is 0.705 bits per heavy atom. The second kappa shape index (κ2) is 18.8. The topological polar surface area (TPSA) is 66.4 Å². The first-order valence-corrected chi connectivity index (χ1v) is 16.1. The Labute approximate surface area is 264 Å². The highest BCUT2D eigenvalue weighted by atomic mass is 16.7.